The molecule has 1 rings (SSSR count). The van der Waals surface area contributed by atoms with Gasteiger partial charge in [-0.2, -0.15) is 4.98 Å². The summed E-state index contributed by atoms with van der Waals surface area (Å²) in [4.78, 5) is 18.4. The lowest BCUT2D eigenvalue weighted by Crippen LogP contribution is -2.24. The number of halogens is 1. The molecule has 1 aromatic rings. The maximum Gasteiger partial charge on any atom is 0.221 e. The molecule has 1 unspecified atom stereocenters. The van der Waals surface area contributed by atoms with E-state index in [2.05, 4.69) is 31.2 Å². The Bertz CT molecular complexity index is 370. The predicted octanol–water partition coefficient (Wildman–Crippen LogP) is 0.497. The summed E-state index contributed by atoms with van der Waals surface area (Å²) in [6.45, 7) is 1.83. The van der Waals surface area contributed by atoms with E-state index in [0.29, 0.717) is 10.3 Å². The van der Waals surface area contributed by atoms with Crippen molar-refractivity contribution >= 4 is 33.6 Å². The van der Waals surface area contributed by atoms with Gasteiger partial charge in [0.2, 0.25) is 11.9 Å². The zero-order valence-electron chi connectivity index (χ0n) is 8.20. The molecule has 0 saturated heterocycles. The summed E-state index contributed by atoms with van der Waals surface area (Å²) in [5.74, 6) is 0.358. The summed E-state index contributed by atoms with van der Waals surface area (Å²) in [7, 11) is 0. The molecule has 15 heavy (non-hydrogen) atoms. The Morgan fingerprint density at radius 3 is 3.00 bits per heavy atom. The molecule has 0 aromatic carbocycles. The number of nitrogens with one attached hydrogen (secondary N) is 1. The average molecular weight is 274 g/mol. The van der Waals surface area contributed by atoms with E-state index in [9.17, 15) is 4.79 Å². The first-order valence-electron chi connectivity index (χ1n) is 4.32. The van der Waals surface area contributed by atoms with Gasteiger partial charge in [-0.25, -0.2) is 4.98 Å². The van der Waals surface area contributed by atoms with E-state index in [4.69, 9.17) is 11.5 Å². The van der Waals surface area contributed by atoms with Crippen molar-refractivity contribution in [3.8, 4) is 0 Å². The number of nitrogens with zero attached hydrogens (tertiary/aromatic N) is 2. The first-order chi connectivity index (χ1) is 6.99. The molecule has 7 heteroatoms. The van der Waals surface area contributed by atoms with Crippen molar-refractivity contribution in [3.05, 3.63) is 10.7 Å². The van der Waals surface area contributed by atoms with E-state index in [0.717, 1.165) is 0 Å². The molecule has 1 atom stereocenters. The molecule has 1 amide bonds. The van der Waals surface area contributed by atoms with Gasteiger partial charge >= 0.3 is 0 Å². The number of hydrogen-bond donors (Lipinski definition) is 3. The second-order valence-electron chi connectivity index (χ2n) is 3.14. The van der Waals surface area contributed by atoms with Gasteiger partial charge in [-0.3, -0.25) is 4.79 Å². The van der Waals surface area contributed by atoms with Crippen molar-refractivity contribution < 1.29 is 4.79 Å². The Kier molecular flexibility index (Phi) is 3.84. The van der Waals surface area contributed by atoms with Gasteiger partial charge in [0, 0.05) is 18.7 Å². The van der Waals surface area contributed by atoms with Crippen LogP contribution in [0.1, 0.15) is 13.3 Å². The van der Waals surface area contributed by atoms with E-state index in [1.54, 1.807) is 6.20 Å². The van der Waals surface area contributed by atoms with E-state index >= 15 is 0 Å². The Morgan fingerprint density at radius 1 is 1.73 bits per heavy atom. The van der Waals surface area contributed by atoms with Crippen molar-refractivity contribution in [2.24, 2.45) is 5.73 Å². The van der Waals surface area contributed by atoms with Gasteiger partial charge < -0.3 is 16.8 Å². The van der Waals surface area contributed by atoms with Crippen LogP contribution in [0.5, 0.6) is 0 Å². The molecule has 0 spiro atoms. The molecule has 0 aliphatic heterocycles. The number of primary amides is 1. The highest BCUT2D eigenvalue weighted by Crippen LogP contribution is 2.20. The zero-order chi connectivity index (χ0) is 11.4. The van der Waals surface area contributed by atoms with E-state index in [-0.39, 0.29) is 24.3 Å². The van der Waals surface area contributed by atoms with E-state index in [1.807, 2.05) is 6.92 Å². The lowest BCUT2D eigenvalue weighted by atomic mass is 10.2. The third kappa shape index (κ3) is 3.70. The third-order valence-corrected chi connectivity index (χ3v) is 2.23. The standard InChI is InChI=1S/C8H12BrN5O/c1-4(2-6(10)15)13-7-5(9)3-12-8(11)14-7/h3-4H,2H2,1H3,(H2,10,15)(H3,11,12,13,14). The lowest BCUT2D eigenvalue weighted by Gasteiger charge is -2.13. The number of anilines is 2. The Morgan fingerprint density at radius 2 is 2.40 bits per heavy atom. The monoisotopic (exact) mass is 273 g/mol. The molecule has 1 heterocycles. The number of hydrogen-bond acceptors (Lipinski definition) is 5. The summed E-state index contributed by atoms with van der Waals surface area (Å²) in [5, 5.41) is 3.00. The first-order valence-corrected chi connectivity index (χ1v) is 5.11. The van der Waals surface area contributed by atoms with Crippen molar-refractivity contribution in [1.82, 2.24) is 9.97 Å². The second-order valence-corrected chi connectivity index (χ2v) is 3.99. The third-order valence-electron chi connectivity index (χ3n) is 1.65. The fraction of sp³-hybridized carbons (Fsp3) is 0.375. The van der Waals surface area contributed by atoms with E-state index < -0.39 is 0 Å². The molecule has 0 fully saturated rings. The molecule has 82 valence electrons. The van der Waals surface area contributed by atoms with Crippen molar-refractivity contribution in [3.63, 3.8) is 0 Å². The van der Waals surface area contributed by atoms with Crippen LogP contribution in [0.25, 0.3) is 0 Å². The molecular weight excluding hydrogens is 262 g/mol. The van der Waals surface area contributed by atoms with Gasteiger partial charge in [0.15, 0.2) is 0 Å². The minimum Gasteiger partial charge on any atom is -0.370 e. The van der Waals surface area contributed by atoms with Crippen molar-refractivity contribution in [2.45, 2.75) is 19.4 Å². The number of carbonyl (C=O) groups is 1. The van der Waals surface area contributed by atoms with Gasteiger partial charge in [0.05, 0.1) is 4.47 Å². The Balaban J connectivity index is 2.71. The van der Waals surface area contributed by atoms with Gasteiger partial charge in [0.1, 0.15) is 5.82 Å². The van der Waals surface area contributed by atoms with Crippen LogP contribution in [0.2, 0.25) is 0 Å². The Hall–Kier alpha value is -1.37. The fourth-order valence-corrected chi connectivity index (χ4v) is 1.37. The number of amides is 1. The smallest absolute Gasteiger partial charge is 0.221 e. The van der Waals surface area contributed by atoms with Crippen molar-refractivity contribution in [2.75, 3.05) is 11.1 Å². The van der Waals surface area contributed by atoms with Crippen LogP contribution in [0.3, 0.4) is 0 Å². The predicted molar refractivity (Wildman–Crippen MR) is 61.0 cm³/mol. The molecule has 1 aromatic heterocycles. The number of nitrogen functional groups attached to an aromatic ring is 1. The van der Waals surface area contributed by atoms with Crippen LogP contribution in [-0.4, -0.2) is 21.9 Å². The molecule has 0 aliphatic carbocycles. The van der Waals surface area contributed by atoms with E-state index in [1.165, 1.54) is 0 Å². The molecule has 0 aliphatic rings. The highest BCUT2D eigenvalue weighted by Gasteiger charge is 2.09. The number of carbonyl (C=O) groups excluding carboxylic acids is 1. The summed E-state index contributed by atoms with van der Waals surface area (Å²) in [6.07, 6.45) is 1.78. The molecular formula is C8H12BrN5O. The SMILES string of the molecule is CC(CC(N)=O)Nc1nc(N)ncc1Br. The first kappa shape index (κ1) is 11.7. The normalized spacial score (nSPS) is 12.1. The molecule has 6 nitrogen and oxygen atoms in total. The maximum atomic E-state index is 10.7. The largest absolute Gasteiger partial charge is 0.370 e. The summed E-state index contributed by atoms with van der Waals surface area (Å²) in [5.41, 5.74) is 10.5. The maximum absolute atomic E-state index is 10.7. The van der Waals surface area contributed by atoms with Crippen LogP contribution >= 0.6 is 15.9 Å². The number of nitrogens with two attached hydrogens (primary N) is 2. The topological polar surface area (TPSA) is 107 Å². The summed E-state index contributed by atoms with van der Waals surface area (Å²) >= 11 is 3.27. The number of rotatable bonds is 4. The molecule has 0 saturated carbocycles. The highest BCUT2D eigenvalue weighted by molar-refractivity contribution is 9.10. The molecule has 5 N–H and O–H groups in total. The van der Waals surface area contributed by atoms with Crippen LogP contribution in [0.15, 0.2) is 10.7 Å². The summed E-state index contributed by atoms with van der Waals surface area (Å²) in [6, 6.07) is -0.104. The highest BCUT2D eigenvalue weighted by atomic mass is 79.9. The number of aromatic nitrogens is 2. The quantitative estimate of drug-likeness (QED) is 0.741. The van der Waals surface area contributed by atoms with Crippen LogP contribution in [-0.2, 0) is 4.79 Å². The van der Waals surface area contributed by atoms with Crippen LogP contribution < -0.4 is 16.8 Å². The Labute approximate surface area is 95.6 Å². The van der Waals surface area contributed by atoms with Gasteiger partial charge in [-0.1, -0.05) is 0 Å². The summed E-state index contributed by atoms with van der Waals surface area (Å²) < 4.78 is 0.688. The van der Waals surface area contributed by atoms with Gasteiger partial charge in [-0.15, -0.1) is 0 Å². The minimum absolute atomic E-state index is 0.104. The molecule has 0 radical (unpaired) electrons. The van der Waals surface area contributed by atoms with Gasteiger partial charge in [0.25, 0.3) is 0 Å². The minimum atomic E-state index is -0.367. The van der Waals surface area contributed by atoms with Crippen LogP contribution in [0.4, 0.5) is 11.8 Å². The van der Waals surface area contributed by atoms with Crippen molar-refractivity contribution in [1.29, 1.82) is 0 Å². The average Bonchev–Trinajstić information content (AvgIpc) is 2.10. The van der Waals surface area contributed by atoms with Crippen LogP contribution in [0, 0.1) is 0 Å². The second kappa shape index (κ2) is 4.92. The molecule has 0 bridgehead atoms. The lowest BCUT2D eigenvalue weighted by molar-refractivity contribution is -0.118. The zero-order valence-corrected chi connectivity index (χ0v) is 9.78. The fourth-order valence-electron chi connectivity index (χ4n) is 1.07. The van der Waals surface area contributed by atoms with Gasteiger partial charge in [-0.05, 0) is 22.9 Å².